The highest BCUT2D eigenvalue weighted by Crippen LogP contribution is 2.26. The van der Waals surface area contributed by atoms with Crippen molar-refractivity contribution in [3.63, 3.8) is 0 Å². The van der Waals surface area contributed by atoms with E-state index in [0.29, 0.717) is 23.4 Å². The molecule has 1 unspecified atom stereocenters. The van der Waals surface area contributed by atoms with Crippen molar-refractivity contribution in [1.29, 1.82) is 0 Å². The monoisotopic (exact) mass is 409 g/mol. The first kappa shape index (κ1) is 21.5. The van der Waals surface area contributed by atoms with Crippen LogP contribution in [0.4, 0.5) is 4.39 Å². The van der Waals surface area contributed by atoms with Crippen molar-refractivity contribution in [2.24, 2.45) is 5.92 Å². The summed E-state index contributed by atoms with van der Waals surface area (Å²) in [5.74, 6) is 0.536. The fraction of sp³-hybridized carbons (Fsp3) is 0.682. The first-order valence-electron chi connectivity index (χ1n) is 10.5. The number of likely N-dealkylation sites (tertiary alicyclic amines) is 2. The highest BCUT2D eigenvalue weighted by atomic mass is 35.5. The second kappa shape index (κ2) is 10.0. The van der Waals surface area contributed by atoms with Crippen molar-refractivity contribution >= 4 is 17.5 Å². The van der Waals surface area contributed by atoms with Crippen LogP contribution in [0.1, 0.15) is 44.1 Å². The van der Waals surface area contributed by atoms with E-state index in [1.807, 2.05) is 11.9 Å². The maximum atomic E-state index is 13.2. The van der Waals surface area contributed by atoms with E-state index < -0.39 is 0 Å². The third-order valence-electron chi connectivity index (χ3n) is 6.41. The minimum absolute atomic E-state index is 0.285. The van der Waals surface area contributed by atoms with Crippen LogP contribution < -0.4 is 0 Å². The van der Waals surface area contributed by atoms with Gasteiger partial charge in [0, 0.05) is 37.6 Å². The predicted molar refractivity (Wildman–Crippen MR) is 112 cm³/mol. The molecule has 0 saturated carbocycles. The van der Waals surface area contributed by atoms with E-state index in [9.17, 15) is 9.18 Å². The predicted octanol–water partition coefficient (Wildman–Crippen LogP) is 4.02. The molecule has 1 amide bonds. The minimum Gasteiger partial charge on any atom is -0.343 e. The molecule has 3 rings (SSSR count). The number of carbonyl (C=O) groups is 1. The molecular weight excluding hydrogens is 377 g/mol. The number of halogens is 2. The summed E-state index contributed by atoms with van der Waals surface area (Å²) in [5, 5.41) is 0.497. The van der Waals surface area contributed by atoms with Gasteiger partial charge in [0.1, 0.15) is 5.82 Å². The smallest absolute Gasteiger partial charge is 0.222 e. The van der Waals surface area contributed by atoms with Gasteiger partial charge in [-0.05, 0) is 82.4 Å². The van der Waals surface area contributed by atoms with Crippen molar-refractivity contribution < 1.29 is 9.18 Å². The zero-order chi connectivity index (χ0) is 20.1. The summed E-state index contributed by atoms with van der Waals surface area (Å²) in [6.45, 7) is 4.92. The molecule has 2 aliphatic heterocycles. The summed E-state index contributed by atoms with van der Waals surface area (Å²) >= 11 is 6.19. The molecule has 2 aliphatic rings. The molecule has 0 N–H and O–H groups in total. The molecule has 6 heteroatoms. The average molecular weight is 410 g/mol. The Morgan fingerprint density at radius 2 is 2.00 bits per heavy atom. The second-order valence-electron chi connectivity index (χ2n) is 8.56. The van der Waals surface area contributed by atoms with Crippen LogP contribution in [0.2, 0.25) is 5.02 Å². The van der Waals surface area contributed by atoms with Gasteiger partial charge < -0.3 is 9.80 Å². The molecule has 28 heavy (non-hydrogen) atoms. The molecule has 0 aliphatic carbocycles. The Labute approximate surface area is 173 Å². The lowest BCUT2D eigenvalue weighted by molar-refractivity contribution is -0.133. The maximum absolute atomic E-state index is 13.2. The van der Waals surface area contributed by atoms with Crippen molar-refractivity contribution in [3.8, 4) is 0 Å². The van der Waals surface area contributed by atoms with E-state index in [1.165, 1.54) is 18.6 Å². The number of nitrogens with zero attached hydrogens (tertiary/aromatic N) is 3. The van der Waals surface area contributed by atoms with Crippen molar-refractivity contribution in [3.05, 3.63) is 34.6 Å². The van der Waals surface area contributed by atoms with Crippen LogP contribution in [-0.2, 0) is 11.3 Å². The molecule has 2 fully saturated rings. The van der Waals surface area contributed by atoms with Gasteiger partial charge in [-0.1, -0.05) is 17.7 Å². The van der Waals surface area contributed by atoms with Crippen LogP contribution >= 0.6 is 11.6 Å². The lowest BCUT2D eigenvalue weighted by Crippen LogP contribution is -2.44. The first-order chi connectivity index (χ1) is 13.4. The Bertz CT molecular complexity index is 663. The molecule has 0 spiro atoms. The number of rotatable bonds is 6. The topological polar surface area (TPSA) is 26.8 Å². The van der Waals surface area contributed by atoms with Crippen LogP contribution in [0.15, 0.2) is 18.2 Å². The standard InChI is InChI=1S/C22H33ClFN3O/c1-25-12-9-20(10-13-25)26(2)22(28)8-5-17-4-3-11-27(15-17)16-18-6-7-19(24)14-21(18)23/h6-7,14,17,20H,3-5,8-13,15-16H2,1-2H3. The Hall–Kier alpha value is -1.17. The van der Waals surface area contributed by atoms with Gasteiger partial charge in [-0.25, -0.2) is 4.39 Å². The van der Waals surface area contributed by atoms with E-state index >= 15 is 0 Å². The largest absolute Gasteiger partial charge is 0.343 e. The molecule has 0 aromatic heterocycles. The number of hydrogen-bond donors (Lipinski definition) is 0. The SMILES string of the molecule is CN1CCC(N(C)C(=O)CCC2CCCN(Cc3ccc(F)cc3Cl)C2)CC1. The summed E-state index contributed by atoms with van der Waals surface area (Å²) in [4.78, 5) is 19.4. The second-order valence-corrected chi connectivity index (χ2v) is 8.96. The Kier molecular flexibility index (Phi) is 7.72. The molecule has 1 aromatic carbocycles. The summed E-state index contributed by atoms with van der Waals surface area (Å²) in [6.07, 6.45) is 6.06. The number of hydrogen-bond acceptors (Lipinski definition) is 3. The van der Waals surface area contributed by atoms with E-state index in [1.54, 1.807) is 6.07 Å². The Morgan fingerprint density at radius 3 is 2.71 bits per heavy atom. The van der Waals surface area contributed by atoms with Gasteiger partial charge in [0.2, 0.25) is 5.91 Å². The fourth-order valence-electron chi connectivity index (χ4n) is 4.51. The third kappa shape index (κ3) is 5.91. The molecule has 1 atom stereocenters. The quantitative estimate of drug-likeness (QED) is 0.709. The van der Waals surface area contributed by atoms with Crippen molar-refractivity contribution in [1.82, 2.24) is 14.7 Å². The van der Waals surface area contributed by atoms with Gasteiger partial charge in [0.25, 0.3) is 0 Å². The summed E-state index contributed by atoms with van der Waals surface area (Å²) < 4.78 is 13.2. The number of carbonyl (C=O) groups excluding carboxylic acids is 1. The van der Waals surface area contributed by atoms with E-state index in [-0.39, 0.29) is 11.7 Å². The van der Waals surface area contributed by atoms with Gasteiger partial charge >= 0.3 is 0 Å². The van der Waals surface area contributed by atoms with E-state index in [0.717, 1.165) is 64.0 Å². The molecule has 2 saturated heterocycles. The fourth-order valence-corrected chi connectivity index (χ4v) is 4.74. The van der Waals surface area contributed by atoms with Gasteiger partial charge in [-0.2, -0.15) is 0 Å². The Morgan fingerprint density at radius 1 is 1.25 bits per heavy atom. The van der Waals surface area contributed by atoms with Crippen LogP contribution in [-0.4, -0.2) is 66.9 Å². The molecule has 0 radical (unpaired) electrons. The molecule has 1 aromatic rings. The van der Waals surface area contributed by atoms with Crippen LogP contribution in [0.5, 0.6) is 0 Å². The number of piperidine rings is 2. The summed E-state index contributed by atoms with van der Waals surface area (Å²) in [7, 11) is 4.12. The molecule has 4 nitrogen and oxygen atoms in total. The first-order valence-corrected chi connectivity index (χ1v) is 10.9. The third-order valence-corrected chi connectivity index (χ3v) is 6.76. The number of benzene rings is 1. The van der Waals surface area contributed by atoms with Crippen LogP contribution in [0, 0.1) is 11.7 Å². The van der Waals surface area contributed by atoms with Crippen molar-refractivity contribution in [2.75, 3.05) is 40.3 Å². The van der Waals surface area contributed by atoms with E-state index in [2.05, 4.69) is 16.8 Å². The molecule has 0 bridgehead atoms. The lowest BCUT2D eigenvalue weighted by atomic mass is 9.92. The summed E-state index contributed by atoms with van der Waals surface area (Å²) in [6, 6.07) is 5.03. The summed E-state index contributed by atoms with van der Waals surface area (Å²) in [5.41, 5.74) is 0.974. The van der Waals surface area contributed by atoms with Crippen molar-refractivity contribution in [2.45, 2.75) is 51.1 Å². The zero-order valence-corrected chi connectivity index (χ0v) is 17.9. The zero-order valence-electron chi connectivity index (χ0n) is 17.2. The highest BCUT2D eigenvalue weighted by Gasteiger charge is 2.26. The Balaban J connectivity index is 1.45. The normalized spacial score (nSPS) is 22.4. The van der Waals surface area contributed by atoms with Crippen LogP contribution in [0.25, 0.3) is 0 Å². The van der Waals surface area contributed by atoms with Gasteiger partial charge in [0.15, 0.2) is 0 Å². The minimum atomic E-state index is -0.294. The van der Waals surface area contributed by atoms with Gasteiger partial charge in [-0.3, -0.25) is 9.69 Å². The average Bonchev–Trinajstić information content (AvgIpc) is 2.69. The lowest BCUT2D eigenvalue weighted by Gasteiger charge is -2.36. The maximum Gasteiger partial charge on any atom is 0.222 e. The van der Waals surface area contributed by atoms with E-state index in [4.69, 9.17) is 11.6 Å². The van der Waals surface area contributed by atoms with Gasteiger partial charge in [-0.15, -0.1) is 0 Å². The van der Waals surface area contributed by atoms with Gasteiger partial charge in [0.05, 0.1) is 0 Å². The molecule has 156 valence electrons. The number of amides is 1. The molecule has 2 heterocycles. The molecular formula is C22H33ClFN3O. The van der Waals surface area contributed by atoms with Crippen LogP contribution in [0.3, 0.4) is 0 Å². The highest BCUT2D eigenvalue weighted by molar-refractivity contribution is 6.31.